The summed E-state index contributed by atoms with van der Waals surface area (Å²) in [5.74, 6) is 0.515. The second-order valence-electron chi connectivity index (χ2n) is 6.98. The van der Waals surface area contributed by atoms with Gasteiger partial charge in [-0.3, -0.25) is 14.3 Å². The largest absolute Gasteiger partial charge is 0.493 e. The van der Waals surface area contributed by atoms with Gasteiger partial charge in [0.25, 0.3) is 5.91 Å². The Balaban J connectivity index is 2.24. The van der Waals surface area contributed by atoms with E-state index in [1.54, 1.807) is 27.3 Å². The molecule has 31 heavy (non-hydrogen) atoms. The first-order valence-electron chi connectivity index (χ1n) is 9.40. The minimum absolute atomic E-state index is 0.131. The molecule has 2 aromatic carbocycles. The lowest BCUT2D eigenvalue weighted by molar-refractivity contribution is -0.114. The molecule has 0 fully saturated rings. The Morgan fingerprint density at radius 1 is 1.03 bits per heavy atom. The molecule has 168 valence electrons. The molecule has 0 saturated carbocycles. The molecule has 0 atom stereocenters. The minimum Gasteiger partial charge on any atom is -0.493 e. The third kappa shape index (κ3) is 6.88. The van der Waals surface area contributed by atoms with Crippen molar-refractivity contribution < 1.29 is 27.5 Å². The van der Waals surface area contributed by atoms with Gasteiger partial charge in [-0.25, -0.2) is 8.42 Å². The van der Waals surface area contributed by atoms with Crippen LogP contribution in [-0.2, 0) is 21.2 Å². The molecule has 0 aliphatic carbocycles. The molecule has 2 rings (SSSR count). The van der Waals surface area contributed by atoms with Crippen LogP contribution >= 0.6 is 0 Å². The van der Waals surface area contributed by atoms with Gasteiger partial charge in [-0.2, -0.15) is 0 Å². The van der Waals surface area contributed by atoms with Crippen molar-refractivity contribution in [1.82, 2.24) is 4.90 Å². The Morgan fingerprint density at radius 2 is 1.71 bits per heavy atom. The first-order chi connectivity index (χ1) is 14.5. The van der Waals surface area contributed by atoms with Crippen molar-refractivity contribution in [2.24, 2.45) is 0 Å². The Morgan fingerprint density at radius 3 is 2.29 bits per heavy atom. The summed E-state index contributed by atoms with van der Waals surface area (Å²) >= 11 is 0. The zero-order valence-electron chi connectivity index (χ0n) is 18.2. The zero-order chi connectivity index (χ0) is 23.2. The van der Waals surface area contributed by atoms with Crippen LogP contribution in [0.1, 0.15) is 22.8 Å². The molecule has 0 heterocycles. The average molecular weight is 450 g/mol. The van der Waals surface area contributed by atoms with Gasteiger partial charge in [0.1, 0.15) is 0 Å². The quantitative estimate of drug-likeness (QED) is 0.607. The predicted molar refractivity (Wildman–Crippen MR) is 119 cm³/mol. The van der Waals surface area contributed by atoms with Gasteiger partial charge in [0.2, 0.25) is 15.9 Å². The monoisotopic (exact) mass is 449 g/mol. The maximum Gasteiger partial charge on any atom is 0.255 e. The summed E-state index contributed by atoms with van der Waals surface area (Å²) in [6.45, 7) is 1.72. The summed E-state index contributed by atoms with van der Waals surface area (Å²) in [4.78, 5) is 25.9. The molecule has 0 bridgehead atoms. The number of nitrogens with zero attached hydrogens (tertiary/aromatic N) is 1. The standard InChI is InChI=1S/C21H27N3O6S/c1-14(25)22-16-7-8-18(23-31(5,27)28)17(13-16)21(26)24(2)11-10-15-6-9-19(29-3)20(12-15)30-4/h6-9,12-13,23H,10-11H2,1-5H3,(H,22,25). The second kappa shape index (κ2) is 10.2. The molecule has 2 N–H and O–H groups in total. The summed E-state index contributed by atoms with van der Waals surface area (Å²) in [6, 6.07) is 9.93. The van der Waals surface area contributed by atoms with Crippen LogP contribution in [-0.4, -0.2) is 59.2 Å². The highest BCUT2D eigenvalue weighted by atomic mass is 32.2. The Labute approximate surface area is 182 Å². The molecule has 0 saturated heterocycles. The van der Waals surface area contributed by atoms with Crippen molar-refractivity contribution in [3.63, 3.8) is 0 Å². The van der Waals surface area contributed by atoms with Gasteiger partial charge in [-0.1, -0.05) is 6.07 Å². The number of nitrogens with one attached hydrogen (secondary N) is 2. The summed E-state index contributed by atoms with van der Waals surface area (Å²) < 4.78 is 36.3. The number of amides is 2. The number of hydrogen-bond acceptors (Lipinski definition) is 6. The average Bonchev–Trinajstić information content (AvgIpc) is 2.70. The van der Waals surface area contributed by atoms with Crippen molar-refractivity contribution in [2.75, 3.05) is 44.1 Å². The lowest BCUT2D eigenvalue weighted by Gasteiger charge is -2.20. The number of benzene rings is 2. The van der Waals surface area contributed by atoms with E-state index in [-0.39, 0.29) is 23.1 Å². The maximum atomic E-state index is 13.1. The summed E-state index contributed by atoms with van der Waals surface area (Å²) in [5.41, 5.74) is 1.60. The fourth-order valence-corrected chi connectivity index (χ4v) is 3.51. The molecule has 9 nitrogen and oxygen atoms in total. The van der Waals surface area contributed by atoms with Gasteiger partial charge in [0.15, 0.2) is 11.5 Å². The van der Waals surface area contributed by atoms with Crippen molar-refractivity contribution in [1.29, 1.82) is 0 Å². The van der Waals surface area contributed by atoms with E-state index in [9.17, 15) is 18.0 Å². The van der Waals surface area contributed by atoms with Crippen LogP contribution in [0.25, 0.3) is 0 Å². The van der Waals surface area contributed by atoms with Crippen molar-refractivity contribution in [2.45, 2.75) is 13.3 Å². The number of anilines is 2. The van der Waals surface area contributed by atoms with Gasteiger partial charge in [0.05, 0.1) is 31.7 Å². The fraction of sp³-hybridized carbons (Fsp3) is 0.333. The molecule has 2 aromatic rings. The third-order valence-electron chi connectivity index (χ3n) is 4.40. The molecule has 0 aliphatic rings. The lowest BCUT2D eigenvalue weighted by Crippen LogP contribution is -2.30. The van der Waals surface area contributed by atoms with E-state index in [1.165, 1.54) is 30.0 Å². The van der Waals surface area contributed by atoms with Gasteiger partial charge < -0.3 is 19.7 Å². The fourth-order valence-electron chi connectivity index (χ4n) is 2.93. The first-order valence-corrected chi connectivity index (χ1v) is 11.3. The predicted octanol–water partition coefficient (Wildman–Crippen LogP) is 2.35. The highest BCUT2D eigenvalue weighted by Crippen LogP contribution is 2.28. The molecule has 0 radical (unpaired) electrons. The number of hydrogen-bond donors (Lipinski definition) is 2. The van der Waals surface area contributed by atoms with Crippen molar-refractivity contribution in [3.05, 3.63) is 47.5 Å². The molecule has 0 spiro atoms. The molecule has 10 heteroatoms. The van der Waals surface area contributed by atoms with E-state index in [0.717, 1.165) is 11.8 Å². The van der Waals surface area contributed by atoms with E-state index >= 15 is 0 Å². The molecule has 0 aliphatic heterocycles. The summed E-state index contributed by atoms with van der Waals surface area (Å²) in [6.07, 6.45) is 1.55. The van der Waals surface area contributed by atoms with Crippen LogP contribution in [0.4, 0.5) is 11.4 Å². The molecular formula is C21H27N3O6S. The highest BCUT2D eigenvalue weighted by molar-refractivity contribution is 7.92. The van der Waals surface area contributed by atoms with Gasteiger partial charge in [-0.05, 0) is 42.3 Å². The van der Waals surface area contributed by atoms with Crippen LogP contribution in [0.3, 0.4) is 0 Å². The number of likely N-dealkylation sites (N-methyl/N-ethyl adjacent to an activating group) is 1. The number of carbonyl (C=O) groups is 2. The third-order valence-corrected chi connectivity index (χ3v) is 4.99. The van der Waals surface area contributed by atoms with Crippen LogP contribution in [0.15, 0.2) is 36.4 Å². The Bertz CT molecular complexity index is 1070. The van der Waals surface area contributed by atoms with E-state index in [0.29, 0.717) is 30.2 Å². The Hall–Kier alpha value is -3.27. The van der Waals surface area contributed by atoms with Gasteiger partial charge in [-0.15, -0.1) is 0 Å². The Kier molecular flexibility index (Phi) is 7.87. The van der Waals surface area contributed by atoms with Crippen LogP contribution < -0.4 is 19.5 Å². The molecule has 2 amide bonds. The number of sulfonamides is 1. The second-order valence-corrected chi connectivity index (χ2v) is 8.73. The minimum atomic E-state index is -3.60. The number of carbonyl (C=O) groups excluding carboxylic acids is 2. The highest BCUT2D eigenvalue weighted by Gasteiger charge is 2.19. The lowest BCUT2D eigenvalue weighted by atomic mass is 10.1. The van der Waals surface area contributed by atoms with Crippen LogP contribution in [0.2, 0.25) is 0 Å². The van der Waals surface area contributed by atoms with E-state index < -0.39 is 10.0 Å². The van der Waals surface area contributed by atoms with E-state index in [1.807, 2.05) is 12.1 Å². The van der Waals surface area contributed by atoms with Crippen LogP contribution in [0.5, 0.6) is 11.5 Å². The normalized spacial score (nSPS) is 10.9. The van der Waals surface area contributed by atoms with Crippen molar-refractivity contribution >= 4 is 33.2 Å². The van der Waals surface area contributed by atoms with E-state index in [2.05, 4.69) is 10.0 Å². The summed E-state index contributed by atoms with van der Waals surface area (Å²) in [5, 5.41) is 2.60. The molecule has 0 aromatic heterocycles. The number of methoxy groups -OCH3 is 2. The molecular weight excluding hydrogens is 422 g/mol. The van der Waals surface area contributed by atoms with Gasteiger partial charge >= 0.3 is 0 Å². The van der Waals surface area contributed by atoms with E-state index in [4.69, 9.17) is 9.47 Å². The first kappa shape index (κ1) is 24.0. The maximum absolute atomic E-state index is 13.1. The smallest absolute Gasteiger partial charge is 0.255 e. The molecule has 0 unspecified atom stereocenters. The van der Waals surface area contributed by atoms with Crippen LogP contribution in [0, 0.1) is 0 Å². The van der Waals surface area contributed by atoms with Gasteiger partial charge in [0, 0.05) is 26.2 Å². The SMILES string of the molecule is COc1ccc(CCN(C)C(=O)c2cc(NC(C)=O)ccc2NS(C)(=O)=O)cc1OC. The summed E-state index contributed by atoms with van der Waals surface area (Å²) in [7, 11) is 1.13. The zero-order valence-corrected chi connectivity index (χ0v) is 19.0. The topological polar surface area (TPSA) is 114 Å². The number of rotatable bonds is 9. The number of ether oxygens (including phenoxy) is 2. The van der Waals surface area contributed by atoms with Crippen molar-refractivity contribution in [3.8, 4) is 11.5 Å².